The van der Waals surface area contributed by atoms with Gasteiger partial charge in [0.1, 0.15) is 0 Å². The van der Waals surface area contributed by atoms with Gasteiger partial charge in [0.25, 0.3) is 0 Å². The zero-order valence-corrected chi connectivity index (χ0v) is 11.6. The summed E-state index contributed by atoms with van der Waals surface area (Å²) in [5.74, 6) is 0.119. The molecule has 1 fully saturated rings. The molecule has 0 radical (unpaired) electrons. The molecule has 1 aliphatic carbocycles. The lowest BCUT2D eigenvalue weighted by atomic mass is 9.87. The van der Waals surface area contributed by atoms with Crippen LogP contribution in [0.2, 0.25) is 0 Å². The fourth-order valence-electron chi connectivity index (χ4n) is 3.17. The fourth-order valence-corrected chi connectivity index (χ4v) is 3.17. The number of benzene rings is 1. The molecule has 3 nitrogen and oxygen atoms in total. The van der Waals surface area contributed by atoms with Gasteiger partial charge >= 0.3 is 0 Å². The Morgan fingerprint density at radius 1 is 1.10 bits per heavy atom. The van der Waals surface area contributed by atoms with E-state index in [1.165, 1.54) is 6.42 Å². The summed E-state index contributed by atoms with van der Waals surface area (Å²) < 4.78 is 0. The number of Topliss-reactive ketones (excluding diaryl/α,β-unsaturated/α-hetero) is 1. The molecule has 3 rings (SSSR count). The van der Waals surface area contributed by atoms with Crippen molar-refractivity contribution in [1.29, 1.82) is 0 Å². The van der Waals surface area contributed by atoms with Gasteiger partial charge in [-0.05, 0) is 18.2 Å². The maximum Gasteiger partial charge on any atom is 0.169 e. The Morgan fingerprint density at radius 2 is 1.90 bits per heavy atom. The zero-order chi connectivity index (χ0) is 13.9. The van der Waals surface area contributed by atoms with E-state index in [-0.39, 0.29) is 17.7 Å². The number of aromatic nitrogens is 1. The Hall–Kier alpha value is -1.74. The number of rotatable bonds is 2. The predicted octanol–water partition coefficient (Wildman–Crippen LogP) is 3.33. The molecule has 2 aromatic rings. The first-order chi connectivity index (χ1) is 9.77. The Balaban J connectivity index is 1.99. The van der Waals surface area contributed by atoms with Crippen LogP contribution in [0.1, 0.15) is 42.5 Å². The van der Waals surface area contributed by atoms with Crippen molar-refractivity contribution in [3.8, 4) is 0 Å². The maximum absolute atomic E-state index is 12.9. The predicted molar refractivity (Wildman–Crippen MR) is 80.6 cm³/mol. The van der Waals surface area contributed by atoms with Crippen molar-refractivity contribution in [2.24, 2.45) is 11.7 Å². The van der Waals surface area contributed by atoms with Crippen LogP contribution in [-0.2, 0) is 0 Å². The Kier molecular flexibility index (Phi) is 3.79. The molecule has 3 heteroatoms. The lowest BCUT2D eigenvalue weighted by Crippen LogP contribution is -2.34. The molecule has 1 saturated carbocycles. The molecule has 20 heavy (non-hydrogen) atoms. The van der Waals surface area contributed by atoms with Crippen LogP contribution in [0, 0.1) is 5.92 Å². The Morgan fingerprint density at radius 3 is 2.80 bits per heavy atom. The second-order valence-electron chi connectivity index (χ2n) is 5.68. The summed E-state index contributed by atoms with van der Waals surface area (Å²) in [4.78, 5) is 17.1. The van der Waals surface area contributed by atoms with E-state index in [4.69, 9.17) is 5.73 Å². The summed E-state index contributed by atoms with van der Waals surface area (Å²) in [6.07, 6.45) is 8.78. The third-order valence-electron chi connectivity index (χ3n) is 4.34. The molecule has 1 aromatic carbocycles. The number of hydrogen-bond acceptors (Lipinski definition) is 3. The normalized spacial score (nSPS) is 23.4. The summed E-state index contributed by atoms with van der Waals surface area (Å²) in [7, 11) is 0. The Labute approximate surface area is 119 Å². The quantitative estimate of drug-likeness (QED) is 0.671. The van der Waals surface area contributed by atoms with Gasteiger partial charge in [-0.15, -0.1) is 0 Å². The standard InChI is InChI=1S/C17H20N2O/c18-16-9-3-1-2-8-14(16)17(20)15-11-19-10-12-6-4-5-7-13(12)15/h4-7,10-11,14,16H,1-3,8-9,18H2. The van der Waals surface area contributed by atoms with E-state index < -0.39 is 0 Å². The second-order valence-corrected chi connectivity index (χ2v) is 5.68. The third-order valence-corrected chi connectivity index (χ3v) is 4.34. The molecule has 1 aromatic heterocycles. The van der Waals surface area contributed by atoms with Crippen molar-refractivity contribution < 1.29 is 4.79 Å². The van der Waals surface area contributed by atoms with Gasteiger partial charge in [0.15, 0.2) is 5.78 Å². The summed E-state index contributed by atoms with van der Waals surface area (Å²) in [6, 6.07) is 7.91. The van der Waals surface area contributed by atoms with Gasteiger partial charge in [0.05, 0.1) is 0 Å². The minimum atomic E-state index is -0.0508. The van der Waals surface area contributed by atoms with Gasteiger partial charge in [-0.3, -0.25) is 9.78 Å². The van der Waals surface area contributed by atoms with Crippen LogP contribution in [0.4, 0.5) is 0 Å². The van der Waals surface area contributed by atoms with E-state index in [2.05, 4.69) is 4.98 Å². The molecular weight excluding hydrogens is 248 g/mol. The van der Waals surface area contributed by atoms with Gasteiger partial charge in [-0.25, -0.2) is 0 Å². The monoisotopic (exact) mass is 268 g/mol. The van der Waals surface area contributed by atoms with E-state index in [9.17, 15) is 4.79 Å². The van der Waals surface area contributed by atoms with E-state index in [0.29, 0.717) is 0 Å². The minimum Gasteiger partial charge on any atom is -0.327 e. The lowest BCUT2D eigenvalue weighted by Gasteiger charge is -2.20. The number of pyridine rings is 1. The van der Waals surface area contributed by atoms with Crippen LogP contribution in [0.25, 0.3) is 10.8 Å². The van der Waals surface area contributed by atoms with Crippen molar-refractivity contribution >= 4 is 16.6 Å². The molecule has 104 valence electrons. The summed E-state index contributed by atoms with van der Waals surface area (Å²) in [6.45, 7) is 0. The zero-order valence-electron chi connectivity index (χ0n) is 11.6. The van der Waals surface area contributed by atoms with Crippen molar-refractivity contribution in [2.75, 3.05) is 0 Å². The number of carbonyl (C=O) groups is 1. The first-order valence-electron chi connectivity index (χ1n) is 7.40. The van der Waals surface area contributed by atoms with Crippen LogP contribution in [0.5, 0.6) is 0 Å². The molecular formula is C17H20N2O. The summed E-state index contributed by atoms with van der Waals surface area (Å²) in [5.41, 5.74) is 6.95. The van der Waals surface area contributed by atoms with Crippen molar-refractivity contribution in [2.45, 2.75) is 38.1 Å². The molecule has 0 amide bonds. The summed E-state index contributed by atoms with van der Waals surface area (Å²) >= 11 is 0. The highest BCUT2D eigenvalue weighted by Crippen LogP contribution is 2.28. The van der Waals surface area contributed by atoms with Gasteiger partial charge in [-0.1, -0.05) is 43.5 Å². The molecule has 2 N–H and O–H groups in total. The van der Waals surface area contributed by atoms with Crippen molar-refractivity contribution in [3.63, 3.8) is 0 Å². The second kappa shape index (κ2) is 5.71. The van der Waals surface area contributed by atoms with E-state index in [1.807, 2.05) is 24.3 Å². The highest BCUT2D eigenvalue weighted by Gasteiger charge is 2.28. The average Bonchev–Trinajstić information content (AvgIpc) is 2.70. The van der Waals surface area contributed by atoms with Crippen LogP contribution in [0.15, 0.2) is 36.7 Å². The molecule has 1 aliphatic rings. The SMILES string of the molecule is NC1CCCCCC1C(=O)c1cncc2ccccc12. The smallest absolute Gasteiger partial charge is 0.169 e. The fraction of sp³-hybridized carbons (Fsp3) is 0.412. The molecule has 0 spiro atoms. The van der Waals surface area contributed by atoms with Crippen LogP contribution in [-0.4, -0.2) is 16.8 Å². The molecule has 2 atom stereocenters. The number of carbonyl (C=O) groups excluding carboxylic acids is 1. The van der Waals surface area contributed by atoms with Gasteiger partial charge in [-0.2, -0.15) is 0 Å². The van der Waals surface area contributed by atoms with Crippen molar-refractivity contribution in [3.05, 3.63) is 42.2 Å². The largest absolute Gasteiger partial charge is 0.327 e. The molecule has 2 unspecified atom stereocenters. The minimum absolute atomic E-state index is 0.0102. The number of fused-ring (bicyclic) bond motifs is 1. The third kappa shape index (κ3) is 2.46. The first-order valence-corrected chi connectivity index (χ1v) is 7.40. The van der Waals surface area contributed by atoms with Gasteiger partial charge in [0.2, 0.25) is 0 Å². The highest BCUT2D eigenvalue weighted by atomic mass is 16.1. The molecule has 0 saturated heterocycles. The van der Waals surface area contributed by atoms with Gasteiger partial charge in [0, 0.05) is 35.3 Å². The van der Waals surface area contributed by atoms with Gasteiger partial charge < -0.3 is 5.73 Å². The van der Waals surface area contributed by atoms with E-state index >= 15 is 0 Å². The number of nitrogens with zero attached hydrogens (tertiary/aromatic N) is 1. The van der Waals surface area contributed by atoms with E-state index in [0.717, 1.165) is 42.0 Å². The molecule has 0 bridgehead atoms. The molecule has 0 aliphatic heterocycles. The average molecular weight is 268 g/mol. The lowest BCUT2D eigenvalue weighted by molar-refractivity contribution is 0.0896. The van der Waals surface area contributed by atoms with Crippen molar-refractivity contribution in [1.82, 2.24) is 4.98 Å². The topological polar surface area (TPSA) is 56.0 Å². The number of hydrogen-bond donors (Lipinski definition) is 1. The number of ketones is 1. The Bertz CT molecular complexity index is 618. The van der Waals surface area contributed by atoms with Crippen LogP contribution >= 0.6 is 0 Å². The van der Waals surface area contributed by atoms with Crippen LogP contribution in [0.3, 0.4) is 0 Å². The number of nitrogens with two attached hydrogens (primary N) is 1. The maximum atomic E-state index is 12.9. The first kappa shape index (κ1) is 13.3. The van der Waals surface area contributed by atoms with Crippen LogP contribution < -0.4 is 5.73 Å². The highest BCUT2D eigenvalue weighted by molar-refractivity contribution is 6.08. The molecule has 1 heterocycles. The van der Waals surface area contributed by atoms with E-state index in [1.54, 1.807) is 12.4 Å². The summed E-state index contributed by atoms with van der Waals surface area (Å²) in [5, 5.41) is 2.00.